The van der Waals surface area contributed by atoms with Gasteiger partial charge in [0.25, 0.3) is 0 Å². The zero-order chi connectivity index (χ0) is 14.1. The van der Waals surface area contributed by atoms with E-state index in [1.807, 2.05) is 18.2 Å². The van der Waals surface area contributed by atoms with Crippen molar-refractivity contribution in [2.75, 3.05) is 40.5 Å². The van der Waals surface area contributed by atoms with E-state index in [4.69, 9.17) is 27.4 Å². The molecule has 1 rings (SSSR count). The van der Waals surface area contributed by atoms with E-state index < -0.39 is 0 Å². The van der Waals surface area contributed by atoms with Crippen molar-refractivity contribution in [2.24, 2.45) is 5.73 Å². The fourth-order valence-electron chi connectivity index (χ4n) is 1.85. The van der Waals surface area contributed by atoms with Crippen LogP contribution in [0, 0.1) is 0 Å². The molecule has 2 N–H and O–H groups in total. The summed E-state index contributed by atoms with van der Waals surface area (Å²) < 4.78 is 10.3. The first kappa shape index (κ1) is 16.0. The highest BCUT2D eigenvalue weighted by atomic mass is 32.1. The molecule has 0 heterocycles. The van der Waals surface area contributed by atoms with Crippen LogP contribution in [0.2, 0.25) is 0 Å². The Morgan fingerprint density at radius 1 is 1.16 bits per heavy atom. The average Bonchev–Trinajstić information content (AvgIpc) is 2.42. The van der Waals surface area contributed by atoms with Crippen LogP contribution in [0.4, 0.5) is 0 Å². The van der Waals surface area contributed by atoms with Crippen molar-refractivity contribution in [3.8, 4) is 0 Å². The van der Waals surface area contributed by atoms with Crippen molar-refractivity contribution >= 4 is 17.2 Å². The summed E-state index contributed by atoms with van der Waals surface area (Å²) in [5, 5.41) is 0. The molecule has 0 aliphatic rings. The van der Waals surface area contributed by atoms with Crippen LogP contribution in [-0.2, 0) is 16.0 Å². The van der Waals surface area contributed by atoms with Crippen LogP contribution in [0.3, 0.4) is 0 Å². The summed E-state index contributed by atoms with van der Waals surface area (Å²) in [6, 6.07) is 7.97. The molecule has 4 nitrogen and oxygen atoms in total. The molecule has 0 spiro atoms. The van der Waals surface area contributed by atoms with Crippen LogP contribution < -0.4 is 5.73 Å². The van der Waals surface area contributed by atoms with Gasteiger partial charge >= 0.3 is 0 Å². The van der Waals surface area contributed by atoms with E-state index in [9.17, 15) is 0 Å². The predicted molar refractivity (Wildman–Crippen MR) is 81.4 cm³/mol. The Balaban J connectivity index is 2.74. The van der Waals surface area contributed by atoms with Gasteiger partial charge in [-0.3, -0.25) is 4.90 Å². The predicted octanol–water partition coefficient (Wildman–Crippen LogP) is 1.42. The van der Waals surface area contributed by atoms with Crippen LogP contribution in [-0.4, -0.2) is 50.4 Å². The lowest BCUT2D eigenvalue weighted by atomic mass is 10.1. The van der Waals surface area contributed by atoms with Gasteiger partial charge < -0.3 is 15.2 Å². The number of nitrogens with zero attached hydrogens (tertiary/aromatic N) is 1. The largest absolute Gasteiger partial charge is 0.389 e. The molecular formula is C14H22N2O2S. The van der Waals surface area contributed by atoms with E-state index in [-0.39, 0.29) is 0 Å². The van der Waals surface area contributed by atoms with Gasteiger partial charge in [-0.05, 0) is 5.56 Å². The Morgan fingerprint density at radius 3 is 2.26 bits per heavy atom. The second-order valence-corrected chi connectivity index (χ2v) is 4.72. The van der Waals surface area contributed by atoms with Gasteiger partial charge in [-0.15, -0.1) is 0 Å². The summed E-state index contributed by atoms with van der Waals surface area (Å²) in [6.07, 6.45) is 0. The van der Waals surface area contributed by atoms with Crippen LogP contribution in [0.25, 0.3) is 0 Å². The van der Waals surface area contributed by atoms with Crippen molar-refractivity contribution in [3.63, 3.8) is 0 Å². The summed E-state index contributed by atoms with van der Waals surface area (Å²) in [4.78, 5) is 2.71. The van der Waals surface area contributed by atoms with Gasteiger partial charge in [0.2, 0.25) is 0 Å². The minimum Gasteiger partial charge on any atom is -0.389 e. The standard InChI is InChI=1S/C14H22N2O2S/c1-17-9-7-16(8-10-18-2)11-12-5-3-4-6-13(12)14(15)19/h3-6H,7-11H2,1-2H3,(H2,15,19). The van der Waals surface area contributed by atoms with Gasteiger partial charge in [0.1, 0.15) is 4.99 Å². The highest BCUT2D eigenvalue weighted by molar-refractivity contribution is 7.80. The Labute approximate surface area is 120 Å². The average molecular weight is 282 g/mol. The third kappa shape index (κ3) is 5.65. The Bertz CT molecular complexity index is 391. The lowest BCUT2D eigenvalue weighted by Crippen LogP contribution is -2.31. The molecule has 1 aromatic rings. The molecule has 5 heteroatoms. The lowest BCUT2D eigenvalue weighted by Gasteiger charge is -2.22. The highest BCUT2D eigenvalue weighted by Crippen LogP contribution is 2.11. The van der Waals surface area contributed by atoms with Gasteiger partial charge in [-0.2, -0.15) is 0 Å². The molecule has 0 unspecified atom stereocenters. The van der Waals surface area contributed by atoms with Crippen molar-refractivity contribution < 1.29 is 9.47 Å². The SMILES string of the molecule is COCCN(CCOC)Cc1ccccc1C(N)=S. The second-order valence-electron chi connectivity index (χ2n) is 4.28. The first-order valence-electron chi connectivity index (χ1n) is 6.27. The molecule has 106 valence electrons. The molecule has 0 atom stereocenters. The summed E-state index contributed by atoms with van der Waals surface area (Å²) in [5.74, 6) is 0. The highest BCUT2D eigenvalue weighted by Gasteiger charge is 2.10. The smallest absolute Gasteiger partial charge is 0.104 e. The van der Waals surface area contributed by atoms with Crippen molar-refractivity contribution in [1.82, 2.24) is 4.90 Å². The molecule has 1 aromatic carbocycles. The molecule has 0 saturated carbocycles. The Morgan fingerprint density at radius 2 is 1.74 bits per heavy atom. The number of hydrogen-bond acceptors (Lipinski definition) is 4. The van der Waals surface area contributed by atoms with E-state index in [1.54, 1.807) is 14.2 Å². The van der Waals surface area contributed by atoms with Gasteiger partial charge in [-0.1, -0.05) is 36.5 Å². The maximum absolute atomic E-state index is 5.75. The number of thiocarbonyl (C=S) groups is 1. The van der Waals surface area contributed by atoms with E-state index >= 15 is 0 Å². The molecule has 0 saturated heterocycles. The van der Waals surface area contributed by atoms with E-state index in [0.29, 0.717) is 18.2 Å². The topological polar surface area (TPSA) is 47.7 Å². The van der Waals surface area contributed by atoms with Crippen molar-refractivity contribution in [3.05, 3.63) is 35.4 Å². The number of nitrogens with two attached hydrogens (primary N) is 1. The zero-order valence-corrected chi connectivity index (χ0v) is 12.4. The molecule has 0 radical (unpaired) electrons. The maximum atomic E-state index is 5.75. The van der Waals surface area contributed by atoms with E-state index in [0.717, 1.165) is 30.8 Å². The molecule has 0 aliphatic heterocycles. The van der Waals surface area contributed by atoms with Crippen LogP contribution in [0.1, 0.15) is 11.1 Å². The fourth-order valence-corrected chi connectivity index (χ4v) is 2.05. The number of benzene rings is 1. The molecule has 0 aliphatic carbocycles. The molecule has 0 fully saturated rings. The number of methoxy groups -OCH3 is 2. The fraction of sp³-hybridized carbons (Fsp3) is 0.500. The normalized spacial score (nSPS) is 10.9. The second kappa shape index (κ2) is 8.98. The third-order valence-electron chi connectivity index (χ3n) is 2.90. The van der Waals surface area contributed by atoms with Crippen molar-refractivity contribution in [1.29, 1.82) is 0 Å². The molecule has 0 aromatic heterocycles. The van der Waals surface area contributed by atoms with Crippen LogP contribution in [0.5, 0.6) is 0 Å². The van der Waals surface area contributed by atoms with Gasteiger partial charge in [-0.25, -0.2) is 0 Å². The summed E-state index contributed by atoms with van der Waals surface area (Å²) in [5.41, 5.74) is 7.84. The number of rotatable bonds is 9. The van der Waals surface area contributed by atoms with Gasteiger partial charge in [0.15, 0.2) is 0 Å². The maximum Gasteiger partial charge on any atom is 0.104 e. The number of hydrogen-bond donors (Lipinski definition) is 1. The zero-order valence-electron chi connectivity index (χ0n) is 11.6. The molecule has 19 heavy (non-hydrogen) atoms. The monoisotopic (exact) mass is 282 g/mol. The van der Waals surface area contributed by atoms with Gasteiger partial charge in [0.05, 0.1) is 13.2 Å². The third-order valence-corrected chi connectivity index (χ3v) is 3.12. The summed E-state index contributed by atoms with van der Waals surface area (Å²) >= 11 is 5.09. The Kier molecular flexibility index (Phi) is 7.59. The van der Waals surface area contributed by atoms with Crippen LogP contribution in [0.15, 0.2) is 24.3 Å². The Hall–Kier alpha value is -1.01. The van der Waals surface area contributed by atoms with Crippen molar-refractivity contribution in [2.45, 2.75) is 6.54 Å². The van der Waals surface area contributed by atoms with E-state index in [1.165, 1.54) is 0 Å². The first-order chi connectivity index (χ1) is 9.19. The molecule has 0 amide bonds. The minimum atomic E-state index is 0.439. The lowest BCUT2D eigenvalue weighted by molar-refractivity contribution is 0.110. The van der Waals surface area contributed by atoms with Gasteiger partial charge in [0, 0.05) is 39.4 Å². The summed E-state index contributed by atoms with van der Waals surface area (Å²) in [6.45, 7) is 3.88. The summed E-state index contributed by atoms with van der Waals surface area (Å²) in [7, 11) is 3.41. The number of ether oxygens (including phenoxy) is 2. The van der Waals surface area contributed by atoms with E-state index in [2.05, 4.69) is 11.0 Å². The minimum absolute atomic E-state index is 0.439. The molecule has 0 bridgehead atoms. The quantitative estimate of drug-likeness (QED) is 0.694. The first-order valence-corrected chi connectivity index (χ1v) is 6.67. The van der Waals surface area contributed by atoms with Crippen LogP contribution >= 0.6 is 12.2 Å². The molecular weight excluding hydrogens is 260 g/mol.